The molecule has 0 atom stereocenters. The third-order valence-corrected chi connectivity index (χ3v) is 4.06. The molecule has 3 heterocycles. The van der Waals surface area contributed by atoms with Gasteiger partial charge >= 0.3 is 6.09 Å². The Hall–Kier alpha value is -2.63. The van der Waals surface area contributed by atoms with Gasteiger partial charge in [-0.1, -0.05) is 18.2 Å². The summed E-state index contributed by atoms with van der Waals surface area (Å²) in [6.07, 6.45) is 8.30. The fourth-order valence-electron chi connectivity index (χ4n) is 2.93. The maximum Gasteiger partial charge on any atom is 0.407 e. The Kier molecular flexibility index (Phi) is 2.57. The van der Waals surface area contributed by atoms with Crippen LogP contribution >= 0.6 is 0 Å². The van der Waals surface area contributed by atoms with Crippen LogP contribution in [0.5, 0.6) is 0 Å². The summed E-state index contributed by atoms with van der Waals surface area (Å²) in [6.45, 7) is 0.995. The van der Waals surface area contributed by atoms with E-state index >= 15 is 0 Å². The first kappa shape index (κ1) is 12.1. The van der Waals surface area contributed by atoms with Crippen molar-refractivity contribution in [3.05, 3.63) is 47.4 Å². The molecule has 0 aromatic carbocycles. The molecule has 2 aromatic rings. The number of fused-ring (bicyclic) bond motifs is 2. The smallest absolute Gasteiger partial charge is 0.407 e. The maximum atomic E-state index is 11.2. The van der Waals surface area contributed by atoms with Gasteiger partial charge in [0, 0.05) is 36.7 Å². The van der Waals surface area contributed by atoms with E-state index in [0.717, 1.165) is 28.2 Å². The number of hydrogen-bond acceptors (Lipinski definition) is 3. The van der Waals surface area contributed by atoms with Gasteiger partial charge in [-0.3, -0.25) is 0 Å². The van der Waals surface area contributed by atoms with Gasteiger partial charge < -0.3 is 10.0 Å². The number of hydrogen-bond donors (Lipinski definition) is 1. The molecule has 0 fully saturated rings. The lowest BCUT2D eigenvalue weighted by Crippen LogP contribution is -2.31. The summed E-state index contributed by atoms with van der Waals surface area (Å²) in [5.74, 6) is 0. The van der Waals surface area contributed by atoms with Gasteiger partial charge in [-0.25, -0.2) is 14.3 Å². The first-order chi connectivity index (χ1) is 10.2. The van der Waals surface area contributed by atoms with E-state index in [9.17, 15) is 9.90 Å². The van der Waals surface area contributed by atoms with Crippen molar-refractivity contribution in [2.45, 2.75) is 12.8 Å². The molecule has 4 rings (SSSR count). The second-order valence-corrected chi connectivity index (χ2v) is 5.24. The lowest BCUT2D eigenvalue weighted by Gasteiger charge is -2.17. The molecule has 0 unspecified atom stereocenters. The molecule has 106 valence electrons. The van der Waals surface area contributed by atoms with Gasteiger partial charge in [0.15, 0.2) is 5.65 Å². The molecule has 6 heteroatoms. The molecule has 0 bridgehead atoms. The molecule has 1 N–H and O–H groups in total. The van der Waals surface area contributed by atoms with Crippen molar-refractivity contribution >= 4 is 17.3 Å². The van der Waals surface area contributed by atoms with Crippen LogP contribution in [0.4, 0.5) is 4.79 Å². The minimum atomic E-state index is -0.864. The molecule has 6 nitrogen and oxygen atoms in total. The fraction of sp³-hybridized carbons (Fsp3) is 0.267. The average molecular weight is 282 g/mol. The summed E-state index contributed by atoms with van der Waals surface area (Å²) in [5.41, 5.74) is 5.10. The third kappa shape index (κ3) is 1.83. The number of rotatable bonds is 1. The van der Waals surface area contributed by atoms with Crippen molar-refractivity contribution in [2.24, 2.45) is 0 Å². The quantitative estimate of drug-likeness (QED) is 0.865. The largest absolute Gasteiger partial charge is 0.465 e. The van der Waals surface area contributed by atoms with Crippen LogP contribution < -0.4 is 0 Å². The van der Waals surface area contributed by atoms with Gasteiger partial charge in [-0.15, -0.1) is 0 Å². The van der Waals surface area contributed by atoms with Crippen LogP contribution in [0.15, 0.2) is 30.5 Å². The number of nitrogens with zero attached hydrogens (tertiary/aromatic N) is 4. The molecule has 0 spiro atoms. The zero-order chi connectivity index (χ0) is 14.4. The van der Waals surface area contributed by atoms with E-state index < -0.39 is 6.09 Å². The third-order valence-electron chi connectivity index (χ3n) is 4.06. The van der Waals surface area contributed by atoms with E-state index in [1.165, 1.54) is 4.90 Å². The van der Waals surface area contributed by atoms with Crippen molar-refractivity contribution in [1.82, 2.24) is 19.5 Å². The highest BCUT2D eigenvalue weighted by molar-refractivity contribution is 5.82. The second kappa shape index (κ2) is 4.44. The van der Waals surface area contributed by atoms with Crippen molar-refractivity contribution in [2.75, 3.05) is 13.1 Å². The molecule has 1 aliphatic carbocycles. The van der Waals surface area contributed by atoms with Gasteiger partial charge in [0.2, 0.25) is 0 Å². The molecular formula is C15H14N4O2. The fourth-order valence-corrected chi connectivity index (χ4v) is 2.93. The first-order valence-electron chi connectivity index (χ1n) is 6.96. The summed E-state index contributed by atoms with van der Waals surface area (Å²) in [7, 11) is 0. The first-order valence-corrected chi connectivity index (χ1v) is 6.96. The Balaban J connectivity index is 1.87. The van der Waals surface area contributed by atoms with E-state index in [4.69, 9.17) is 0 Å². The second-order valence-electron chi connectivity index (χ2n) is 5.24. The molecule has 2 aromatic heterocycles. The van der Waals surface area contributed by atoms with Crippen LogP contribution in [-0.2, 0) is 12.8 Å². The van der Waals surface area contributed by atoms with Crippen molar-refractivity contribution in [3.63, 3.8) is 0 Å². The Morgan fingerprint density at radius 2 is 2.10 bits per heavy atom. The Labute approximate surface area is 121 Å². The van der Waals surface area contributed by atoms with Crippen LogP contribution in [0, 0.1) is 0 Å². The predicted octanol–water partition coefficient (Wildman–Crippen LogP) is 1.76. The summed E-state index contributed by atoms with van der Waals surface area (Å²) < 4.78 is 1.85. The van der Waals surface area contributed by atoms with E-state index in [2.05, 4.69) is 22.2 Å². The molecular weight excluding hydrogens is 268 g/mol. The topological polar surface area (TPSA) is 70.7 Å². The molecule has 2 aliphatic rings. The van der Waals surface area contributed by atoms with Crippen LogP contribution in [0.1, 0.15) is 17.0 Å². The lowest BCUT2D eigenvalue weighted by atomic mass is 9.96. The minimum Gasteiger partial charge on any atom is -0.465 e. The average Bonchev–Trinajstić information content (AvgIpc) is 2.75. The Morgan fingerprint density at radius 3 is 2.81 bits per heavy atom. The normalized spacial score (nSPS) is 17.1. The number of allylic oxidation sites excluding steroid dienone is 4. The Bertz CT molecular complexity index is 803. The molecule has 1 amide bonds. The number of amides is 1. The number of aromatic nitrogens is 3. The van der Waals surface area contributed by atoms with Crippen LogP contribution in [0.25, 0.3) is 11.2 Å². The summed E-state index contributed by atoms with van der Waals surface area (Å²) in [6, 6.07) is 1.88. The minimum absolute atomic E-state index is 0.494. The Morgan fingerprint density at radius 1 is 1.29 bits per heavy atom. The highest BCUT2D eigenvalue weighted by Gasteiger charge is 2.24. The molecule has 0 saturated carbocycles. The van der Waals surface area contributed by atoms with Gasteiger partial charge in [0.25, 0.3) is 0 Å². The zero-order valence-corrected chi connectivity index (χ0v) is 11.4. The van der Waals surface area contributed by atoms with Crippen LogP contribution in [-0.4, -0.2) is 43.8 Å². The zero-order valence-electron chi connectivity index (χ0n) is 11.4. The van der Waals surface area contributed by atoms with Crippen molar-refractivity contribution in [1.29, 1.82) is 0 Å². The number of carboxylic acid groups (broad SMARTS) is 1. The van der Waals surface area contributed by atoms with E-state index in [0.29, 0.717) is 25.9 Å². The standard InChI is InChI=1S/C15H14N4O2/c20-15(21)18-8-5-11-12(6-9-18)17-13-4-7-16-19(13)14(11)10-2-1-3-10/h1-4,7H,5-6,8-9H2,(H,20,21). The monoisotopic (exact) mass is 282 g/mol. The van der Waals surface area contributed by atoms with Gasteiger partial charge in [0.1, 0.15) is 0 Å². The van der Waals surface area contributed by atoms with E-state index in [1.54, 1.807) is 6.20 Å². The summed E-state index contributed by atoms with van der Waals surface area (Å²) in [5, 5.41) is 13.6. The molecule has 0 saturated heterocycles. The van der Waals surface area contributed by atoms with Crippen LogP contribution in [0.3, 0.4) is 0 Å². The van der Waals surface area contributed by atoms with E-state index in [1.807, 2.05) is 16.7 Å². The summed E-state index contributed by atoms with van der Waals surface area (Å²) in [4.78, 5) is 17.3. The van der Waals surface area contributed by atoms with E-state index in [-0.39, 0.29) is 0 Å². The van der Waals surface area contributed by atoms with Crippen molar-refractivity contribution in [3.8, 4) is 0 Å². The highest BCUT2D eigenvalue weighted by atomic mass is 16.4. The maximum absolute atomic E-state index is 11.2. The van der Waals surface area contributed by atoms with Crippen molar-refractivity contribution < 1.29 is 9.90 Å². The number of carbonyl (C=O) groups is 1. The summed E-state index contributed by atoms with van der Waals surface area (Å²) >= 11 is 0. The highest BCUT2D eigenvalue weighted by Crippen LogP contribution is 2.29. The SMILES string of the molecule is O=C(O)N1CCc2nc3ccnn3c(C3=CC=C3)c2CC1. The lowest BCUT2D eigenvalue weighted by molar-refractivity contribution is 0.147. The van der Waals surface area contributed by atoms with Gasteiger partial charge in [-0.05, 0) is 6.42 Å². The predicted molar refractivity (Wildman–Crippen MR) is 77.1 cm³/mol. The van der Waals surface area contributed by atoms with Crippen LogP contribution in [0.2, 0.25) is 0 Å². The van der Waals surface area contributed by atoms with Gasteiger partial charge in [0.05, 0.1) is 17.6 Å². The molecule has 1 aliphatic heterocycles. The molecule has 21 heavy (non-hydrogen) atoms. The molecule has 0 radical (unpaired) electrons. The van der Waals surface area contributed by atoms with Gasteiger partial charge in [-0.2, -0.15) is 5.10 Å².